The van der Waals surface area contributed by atoms with E-state index < -0.39 is 22.0 Å². The molecule has 7 heteroatoms. The maximum atomic E-state index is 13.0. The van der Waals surface area contributed by atoms with Gasteiger partial charge in [-0.25, -0.2) is 8.42 Å². The van der Waals surface area contributed by atoms with Crippen LogP contribution in [0.15, 0.2) is 48.5 Å². The van der Waals surface area contributed by atoms with Crippen molar-refractivity contribution < 1.29 is 17.9 Å². The molecule has 0 spiro atoms. The Morgan fingerprint density at radius 3 is 2.25 bits per heavy atom. The van der Waals surface area contributed by atoms with Gasteiger partial charge in [0, 0.05) is 0 Å². The minimum Gasteiger partial charge on any atom is -0.489 e. The molecule has 2 aromatic carbocycles. The summed E-state index contributed by atoms with van der Waals surface area (Å²) in [5.41, 5.74) is 1.98. The molecule has 0 radical (unpaired) electrons. The highest BCUT2D eigenvalue weighted by molar-refractivity contribution is 7.92. The number of nitrogens with zero attached hydrogens (tertiary/aromatic N) is 1. The van der Waals surface area contributed by atoms with Gasteiger partial charge >= 0.3 is 0 Å². The summed E-state index contributed by atoms with van der Waals surface area (Å²) in [5, 5.41) is 2.83. The molecule has 0 heterocycles. The summed E-state index contributed by atoms with van der Waals surface area (Å²) in [4.78, 5) is 13.0. The van der Waals surface area contributed by atoms with Gasteiger partial charge in [-0.1, -0.05) is 36.8 Å². The van der Waals surface area contributed by atoms with E-state index in [1.165, 1.54) is 4.31 Å². The average molecular weight is 405 g/mol. The number of carbonyl (C=O) groups excluding carboxylic acids is 1. The lowest BCUT2D eigenvalue weighted by Crippen LogP contribution is -2.47. The number of para-hydroxylation sites is 2. The highest BCUT2D eigenvalue weighted by Crippen LogP contribution is 2.27. The van der Waals surface area contributed by atoms with Crippen LogP contribution in [0.1, 0.15) is 32.8 Å². The van der Waals surface area contributed by atoms with Crippen LogP contribution in [-0.2, 0) is 14.8 Å². The predicted octanol–water partition coefficient (Wildman–Crippen LogP) is 3.97. The lowest BCUT2D eigenvalue weighted by Gasteiger charge is -2.30. The van der Waals surface area contributed by atoms with Crippen LogP contribution in [0.3, 0.4) is 0 Å². The lowest BCUT2D eigenvalue weighted by atomic mass is 10.1. The molecule has 0 aliphatic rings. The van der Waals surface area contributed by atoms with Crippen molar-refractivity contribution in [2.24, 2.45) is 0 Å². The molecule has 0 bridgehead atoms. The second kappa shape index (κ2) is 9.10. The van der Waals surface area contributed by atoms with Crippen molar-refractivity contribution in [3.63, 3.8) is 0 Å². The van der Waals surface area contributed by atoms with Gasteiger partial charge in [0.1, 0.15) is 11.8 Å². The molecule has 6 nitrogen and oxygen atoms in total. The number of rotatable bonds is 8. The SMILES string of the molecule is CCC(C(=O)Nc1ccccc1OC(C)C)N(c1ccc(C)cc1)S(C)(=O)=O. The summed E-state index contributed by atoms with van der Waals surface area (Å²) in [6.07, 6.45) is 1.37. The number of benzene rings is 2. The molecule has 0 fully saturated rings. The Hall–Kier alpha value is -2.54. The van der Waals surface area contributed by atoms with Gasteiger partial charge in [0.15, 0.2) is 0 Å². The van der Waals surface area contributed by atoms with E-state index in [0.29, 0.717) is 23.5 Å². The molecule has 0 aliphatic heterocycles. The molecule has 2 rings (SSSR count). The molecular formula is C21H28N2O4S. The Kier molecular flexibility index (Phi) is 7.07. The van der Waals surface area contributed by atoms with E-state index in [0.717, 1.165) is 11.8 Å². The van der Waals surface area contributed by atoms with E-state index in [1.54, 1.807) is 37.3 Å². The van der Waals surface area contributed by atoms with Gasteiger partial charge in [-0.05, 0) is 51.5 Å². The van der Waals surface area contributed by atoms with Gasteiger partial charge < -0.3 is 10.1 Å². The van der Waals surface area contributed by atoms with Crippen molar-refractivity contribution in [2.75, 3.05) is 15.9 Å². The number of aryl methyl sites for hydroxylation is 1. The Morgan fingerprint density at radius 1 is 1.11 bits per heavy atom. The van der Waals surface area contributed by atoms with Crippen LogP contribution >= 0.6 is 0 Å². The van der Waals surface area contributed by atoms with E-state index in [9.17, 15) is 13.2 Å². The Bertz CT molecular complexity index is 908. The molecule has 1 unspecified atom stereocenters. The molecule has 152 valence electrons. The number of amides is 1. The fourth-order valence-electron chi connectivity index (χ4n) is 2.89. The molecule has 28 heavy (non-hydrogen) atoms. The molecule has 1 atom stereocenters. The minimum atomic E-state index is -3.67. The van der Waals surface area contributed by atoms with Crippen molar-refractivity contribution in [3.05, 3.63) is 54.1 Å². The van der Waals surface area contributed by atoms with Gasteiger partial charge in [0.05, 0.1) is 23.7 Å². The van der Waals surface area contributed by atoms with E-state index >= 15 is 0 Å². The molecular weight excluding hydrogens is 376 g/mol. The number of hydrogen-bond acceptors (Lipinski definition) is 4. The summed E-state index contributed by atoms with van der Waals surface area (Å²) < 4.78 is 31.9. The number of anilines is 2. The van der Waals surface area contributed by atoms with Gasteiger partial charge in [0.2, 0.25) is 15.9 Å². The number of ether oxygens (including phenoxy) is 1. The Labute approximate surface area is 167 Å². The van der Waals surface area contributed by atoms with Gasteiger partial charge in [-0.15, -0.1) is 0 Å². The maximum Gasteiger partial charge on any atom is 0.248 e. The van der Waals surface area contributed by atoms with Crippen molar-refractivity contribution in [1.82, 2.24) is 0 Å². The third kappa shape index (κ3) is 5.48. The molecule has 0 saturated heterocycles. The number of hydrogen-bond donors (Lipinski definition) is 1. The molecule has 2 aromatic rings. The number of nitrogens with one attached hydrogen (secondary N) is 1. The highest BCUT2D eigenvalue weighted by Gasteiger charge is 2.31. The first-order valence-electron chi connectivity index (χ1n) is 9.26. The summed E-state index contributed by atoms with van der Waals surface area (Å²) in [5.74, 6) is 0.134. The third-order valence-corrected chi connectivity index (χ3v) is 5.31. The highest BCUT2D eigenvalue weighted by atomic mass is 32.2. The summed E-state index contributed by atoms with van der Waals surface area (Å²) in [6.45, 7) is 7.50. The smallest absolute Gasteiger partial charge is 0.248 e. The Morgan fingerprint density at radius 2 is 1.71 bits per heavy atom. The quantitative estimate of drug-likeness (QED) is 0.722. The lowest BCUT2D eigenvalue weighted by molar-refractivity contribution is -0.117. The third-order valence-electron chi connectivity index (χ3n) is 4.13. The van der Waals surface area contributed by atoms with Crippen molar-refractivity contribution in [1.29, 1.82) is 0 Å². The molecule has 0 aromatic heterocycles. The summed E-state index contributed by atoms with van der Waals surface area (Å²) in [6, 6.07) is 13.3. The van der Waals surface area contributed by atoms with Gasteiger partial charge in [-0.3, -0.25) is 9.10 Å². The summed E-state index contributed by atoms with van der Waals surface area (Å²) >= 11 is 0. The molecule has 1 N–H and O–H groups in total. The first-order valence-corrected chi connectivity index (χ1v) is 11.1. The molecule has 0 aliphatic carbocycles. The zero-order chi connectivity index (χ0) is 20.9. The molecule has 1 amide bonds. The number of carbonyl (C=O) groups is 1. The second-order valence-corrected chi connectivity index (χ2v) is 8.83. The van der Waals surface area contributed by atoms with E-state index in [4.69, 9.17) is 4.74 Å². The summed E-state index contributed by atoms with van der Waals surface area (Å²) in [7, 11) is -3.67. The predicted molar refractivity (Wildman–Crippen MR) is 113 cm³/mol. The van der Waals surface area contributed by atoms with E-state index in [-0.39, 0.29) is 6.10 Å². The van der Waals surface area contributed by atoms with Gasteiger partial charge in [-0.2, -0.15) is 0 Å². The maximum absolute atomic E-state index is 13.0. The standard InChI is InChI=1S/C21H28N2O4S/c1-6-19(23(28(5,25)26)17-13-11-16(4)12-14-17)21(24)22-18-9-7-8-10-20(18)27-15(2)3/h7-15,19H,6H2,1-5H3,(H,22,24). The average Bonchev–Trinajstić information content (AvgIpc) is 2.60. The monoisotopic (exact) mass is 404 g/mol. The van der Waals surface area contributed by atoms with Crippen LogP contribution in [0.4, 0.5) is 11.4 Å². The first-order chi connectivity index (χ1) is 13.1. The fraction of sp³-hybridized carbons (Fsp3) is 0.381. The molecule has 0 saturated carbocycles. The second-order valence-electron chi connectivity index (χ2n) is 6.97. The van der Waals surface area contributed by atoms with Crippen LogP contribution < -0.4 is 14.4 Å². The zero-order valence-electron chi connectivity index (χ0n) is 17.0. The van der Waals surface area contributed by atoms with Gasteiger partial charge in [0.25, 0.3) is 0 Å². The normalized spacial score (nSPS) is 12.5. The minimum absolute atomic E-state index is 0.0555. The van der Waals surface area contributed by atoms with Crippen molar-refractivity contribution >= 4 is 27.3 Å². The van der Waals surface area contributed by atoms with E-state index in [2.05, 4.69) is 5.32 Å². The largest absolute Gasteiger partial charge is 0.489 e. The fourth-order valence-corrected chi connectivity index (χ4v) is 4.11. The first kappa shape index (κ1) is 21.8. The van der Waals surface area contributed by atoms with E-state index in [1.807, 2.05) is 39.0 Å². The van der Waals surface area contributed by atoms with Crippen molar-refractivity contribution in [3.8, 4) is 5.75 Å². The number of sulfonamides is 1. The van der Waals surface area contributed by atoms with Crippen LogP contribution in [0.25, 0.3) is 0 Å². The van der Waals surface area contributed by atoms with Crippen LogP contribution in [0, 0.1) is 6.92 Å². The van der Waals surface area contributed by atoms with Crippen LogP contribution in [-0.4, -0.2) is 32.7 Å². The van der Waals surface area contributed by atoms with Crippen LogP contribution in [0.2, 0.25) is 0 Å². The van der Waals surface area contributed by atoms with Crippen LogP contribution in [0.5, 0.6) is 5.75 Å². The topological polar surface area (TPSA) is 75.7 Å². The Balaban J connectivity index is 2.36. The zero-order valence-corrected chi connectivity index (χ0v) is 17.8. The van der Waals surface area contributed by atoms with Crippen molar-refractivity contribution in [2.45, 2.75) is 46.3 Å².